The predicted molar refractivity (Wildman–Crippen MR) is 96.6 cm³/mol. The molecule has 0 aliphatic carbocycles. The molecular weight excluding hydrogens is 297 g/mol. The molecule has 116 valence electrons. The van der Waals surface area contributed by atoms with Crippen LogP contribution in [-0.2, 0) is 0 Å². The summed E-state index contributed by atoms with van der Waals surface area (Å²) in [4.78, 5) is 0. The van der Waals surface area contributed by atoms with Gasteiger partial charge in [0.25, 0.3) is 0 Å². The lowest BCUT2D eigenvalue weighted by molar-refractivity contribution is 0.627. The van der Waals surface area contributed by atoms with Gasteiger partial charge in [-0.2, -0.15) is 0 Å². The summed E-state index contributed by atoms with van der Waals surface area (Å²) < 4.78 is 15.4. The van der Waals surface area contributed by atoms with E-state index in [2.05, 4.69) is 41.1 Å². The summed E-state index contributed by atoms with van der Waals surface area (Å²) in [6.45, 7) is 0. The summed E-state index contributed by atoms with van der Waals surface area (Å²) in [5, 5.41) is 0. The molecule has 2 heteroatoms. The van der Waals surface area contributed by atoms with E-state index in [-0.39, 0.29) is 5.82 Å². The van der Waals surface area contributed by atoms with Crippen LogP contribution in [0.2, 0.25) is 0 Å². The molecule has 4 rings (SSSR count). The molecule has 0 N–H and O–H groups in total. The Morgan fingerprint density at radius 1 is 0.583 bits per heavy atom. The van der Waals surface area contributed by atoms with Crippen LogP contribution in [0.25, 0.3) is 28.1 Å². The Hall–Kier alpha value is -3.13. The third-order valence-electron chi connectivity index (χ3n) is 4.10. The normalized spacial score (nSPS) is 10.7. The molecule has 1 heterocycles. The maximum absolute atomic E-state index is 13.3. The summed E-state index contributed by atoms with van der Waals surface area (Å²) in [6.07, 6.45) is 2.10. The highest BCUT2D eigenvalue weighted by atomic mass is 19.1. The molecule has 0 aliphatic heterocycles. The fourth-order valence-electron chi connectivity index (χ4n) is 2.90. The first-order valence-corrected chi connectivity index (χ1v) is 7.90. The molecule has 3 aromatic carbocycles. The van der Waals surface area contributed by atoms with Crippen molar-refractivity contribution in [3.8, 4) is 28.1 Å². The molecule has 0 saturated heterocycles. The summed E-state index contributed by atoms with van der Waals surface area (Å²) >= 11 is 0. The second-order valence-electron chi connectivity index (χ2n) is 5.69. The predicted octanol–water partition coefficient (Wildman–Crippen LogP) is 5.95. The summed E-state index contributed by atoms with van der Waals surface area (Å²) in [5.74, 6) is -0.226. The first-order valence-electron chi connectivity index (χ1n) is 7.90. The highest BCUT2D eigenvalue weighted by Gasteiger charge is 2.11. The van der Waals surface area contributed by atoms with Gasteiger partial charge in [0, 0.05) is 17.4 Å². The van der Waals surface area contributed by atoms with Crippen LogP contribution in [0.3, 0.4) is 0 Å². The minimum atomic E-state index is -0.226. The average Bonchev–Trinajstić information content (AvgIpc) is 3.09. The SMILES string of the molecule is Fc1ccc(-n2cc(-c3ccccc3)cc2-c2ccccc2)cc1. The monoisotopic (exact) mass is 313 g/mol. The van der Waals surface area contributed by atoms with Gasteiger partial charge in [-0.3, -0.25) is 0 Å². The summed E-state index contributed by atoms with van der Waals surface area (Å²) in [7, 11) is 0. The molecule has 0 saturated carbocycles. The number of benzene rings is 3. The topological polar surface area (TPSA) is 4.93 Å². The van der Waals surface area contributed by atoms with Crippen molar-refractivity contribution in [1.29, 1.82) is 0 Å². The van der Waals surface area contributed by atoms with Gasteiger partial charge < -0.3 is 4.57 Å². The maximum Gasteiger partial charge on any atom is 0.123 e. The molecule has 0 spiro atoms. The number of rotatable bonds is 3. The summed E-state index contributed by atoms with van der Waals surface area (Å²) in [5.41, 5.74) is 5.46. The van der Waals surface area contributed by atoms with E-state index in [4.69, 9.17) is 0 Å². The minimum Gasteiger partial charge on any atom is -0.316 e. The van der Waals surface area contributed by atoms with Crippen molar-refractivity contribution >= 4 is 0 Å². The van der Waals surface area contributed by atoms with Gasteiger partial charge in [-0.25, -0.2) is 4.39 Å². The van der Waals surface area contributed by atoms with Crippen molar-refractivity contribution in [2.24, 2.45) is 0 Å². The molecule has 0 amide bonds. The van der Waals surface area contributed by atoms with E-state index < -0.39 is 0 Å². The van der Waals surface area contributed by atoms with Crippen LogP contribution < -0.4 is 0 Å². The molecule has 0 aliphatic rings. The molecule has 0 radical (unpaired) electrons. The minimum absolute atomic E-state index is 0.226. The standard InChI is InChI=1S/C22H16FN/c23-20-11-13-21(14-12-20)24-16-19(17-7-3-1-4-8-17)15-22(24)18-9-5-2-6-10-18/h1-16H. The van der Waals surface area contributed by atoms with Crippen molar-refractivity contribution < 1.29 is 4.39 Å². The molecule has 1 nitrogen and oxygen atoms in total. The van der Waals surface area contributed by atoms with E-state index in [0.29, 0.717) is 0 Å². The van der Waals surface area contributed by atoms with Crippen molar-refractivity contribution in [1.82, 2.24) is 4.57 Å². The van der Waals surface area contributed by atoms with Crippen molar-refractivity contribution in [2.75, 3.05) is 0 Å². The zero-order valence-electron chi connectivity index (χ0n) is 13.1. The third kappa shape index (κ3) is 2.74. The van der Waals surface area contributed by atoms with Crippen LogP contribution in [0.4, 0.5) is 4.39 Å². The Bertz CT molecular complexity index is 938. The lowest BCUT2D eigenvalue weighted by Crippen LogP contribution is -1.94. The third-order valence-corrected chi connectivity index (χ3v) is 4.10. The van der Waals surface area contributed by atoms with Crippen LogP contribution in [0.1, 0.15) is 0 Å². The molecule has 4 aromatic rings. The van der Waals surface area contributed by atoms with Crippen molar-refractivity contribution in [3.63, 3.8) is 0 Å². The molecular formula is C22H16FN. The quantitative estimate of drug-likeness (QED) is 0.440. The first-order chi connectivity index (χ1) is 11.8. The van der Waals surface area contributed by atoms with E-state index in [1.807, 2.05) is 36.4 Å². The maximum atomic E-state index is 13.3. The largest absolute Gasteiger partial charge is 0.316 e. The van der Waals surface area contributed by atoms with Gasteiger partial charge in [0.15, 0.2) is 0 Å². The van der Waals surface area contributed by atoms with Crippen LogP contribution in [0.5, 0.6) is 0 Å². The van der Waals surface area contributed by atoms with E-state index >= 15 is 0 Å². The Morgan fingerprint density at radius 2 is 1.17 bits per heavy atom. The second kappa shape index (κ2) is 6.17. The Balaban J connectivity index is 1.90. The number of nitrogens with zero attached hydrogens (tertiary/aromatic N) is 1. The van der Waals surface area contributed by atoms with Gasteiger partial charge in [0.05, 0.1) is 5.69 Å². The summed E-state index contributed by atoms with van der Waals surface area (Å²) in [6, 6.07) is 29.3. The Kier molecular flexibility index (Phi) is 3.72. The van der Waals surface area contributed by atoms with E-state index in [9.17, 15) is 4.39 Å². The van der Waals surface area contributed by atoms with Crippen LogP contribution in [-0.4, -0.2) is 4.57 Å². The average molecular weight is 313 g/mol. The molecule has 0 fully saturated rings. The van der Waals surface area contributed by atoms with Gasteiger partial charge in [-0.1, -0.05) is 60.7 Å². The van der Waals surface area contributed by atoms with Crippen LogP contribution in [0.15, 0.2) is 97.2 Å². The molecule has 1 aromatic heterocycles. The Morgan fingerprint density at radius 3 is 1.79 bits per heavy atom. The lowest BCUT2D eigenvalue weighted by atomic mass is 10.1. The zero-order valence-corrected chi connectivity index (χ0v) is 13.1. The van der Waals surface area contributed by atoms with E-state index in [0.717, 1.165) is 28.1 Å². The Labute approximate surface area is 140 Å². The molecule has 0 atom stereocenters. The highest BCUT2D eigenvalue weighted by Crippen LogP contribution is 2.31. The molecule has 24 heavy (non-hydrogen) atoms. The van der Waals surface area contributed by atoms with Gasteiger partial charge in [-0.15, -0.1) is 0 Å². The van der Waals surface area contributed by atoms with E-state index in [1.54, 1.807) is 12.1 Å². The second-order valence-corrected chi connectivity index (χ2v) is 5.69. The van der Waals surface area contributed by atoms with Crippen molar-refractivity contribution in [2.45, 2.75) is 0 Å². The first kappa shape index (κ1) is 14.5. The lowest BCUT2D eigenvalue weighted by Gasteiger charge is -2.09. The zero-order chi connectivity index (χ0) is 16.4. The van der Waals surface area contributed by atoms with Gasteiger partial charge in [-0.05, 0) is 41.5 Å². The van der Waals surface area contributed by atoms with Crippen LogP contribution >= 0.6 is 0 Å². The molecule has 0 unspecified atom stereocenters. The number of halogens is 1. The van der Waals surface area contributed by atoms with Gasteiger partial charge >= 0.3 is 0 Å². The smallest absolute Gasteiger partial charge is 0.123 e. The molecule has 0 bridgehead atoms. The fourth-order valence-corrected chi connectivity index (χ4v) is 2.90. The van der Waals surface area contributed by atoms with Crippen LogP contribution in [0, 0.1) is 5.82 Å². The van der Waals surface area contributed by atoms with E-state index in [1.165, 1.54) is 12.1 Å². The fraction of sp³-hybridized carbons (Fsp3) is 0. The number of hydrogen-bond donors (Lipinski definition) is 0. The number of aromatic nitrogens is 1. The van der Waals surface area contributed by atoms with Gasteiger partial charge in [0.2, 0.25) is 0 Å². The number of hydrogen-bond acceptors (Lipinski definition) is 0. The highest BCUT2D eigenvalue weighted by molar-refractivity contribution is 5.74. The van der Waals surface area contributed by atoms with Gasteiger partial charge in [0.1, 0.15) is 5.82 Å². The van der Waals surface area contributed by atoms with Crippen molar-refractivity contribution in [3.05, 3.63) is 103 Å².